The van der Waals surface area contributed by atoms with Crippen LogP contribution in [0.1, 0.15) is 39.4 Å². The third-order valence-electron chi connectivity index (χ3n) is 6.38. The average Bonchev–Trinajstić information content (AvgIpc) is 3.19. The van der Waals surface area contributed by atoms with Crippen LogP contribution in [0.4, 0.5) is 0 Å². The summed E-state index contributed by atoms with van der Waals surface area (Å²) >= 11 is 0. The zero-order chi connectivity index (χ0) is 25.7. The molecule has 2 bridgehead atoms. The van der Waals surface area contributed by atoms with Crippen LogP contribution in [0.15, 0.2) is 47.0 Å². The largest absolute Gasteiger partial charge is 0.491 e. The molecule has 8 heteroatoms. The molecule has 0 aliphatic carbocycles. The minimum Gasteiger partial charge on any atom is -0.491 e. The van der Waals surface area contributed by atoms with Gasteiger partial charge in [-0.05, 0) is 68.9 Å². The molecule has 0 fully saturated rings. The number of amides is 2. The normalized spacial score (nSPS) is 14.6. The standard InChI is InChI=1S/C28H34N4O4/c1-19-27(20(2)36-30-19)22-8-9-25-24(18-22)17-21-6-5-7-23(16-21)28(34)29-11-13-32(14-15-35-25)26(33)10-12-31(3)4/h5-9,16,18H,10-15,17H2,1-4H3,(H,29,34). The number of benzene rings is 2. The van der Waals surface area contributed by atoms with E-state index >= 15 is 0 Å². The summed E-state index contributed by atoms with van der Waals surface area (Å²) in [5, 5.41) is 7.05. The number of carbonyl (C=O) groups is 2. The Morgan fingerprint density at radius 1 is 1.11 bits per heavy atom. The molecule has 0 saturated carbocycles. The quantitative estimate of drug-likeness (QED) is 0.603. The Labute approximate surface area is 212 Å². The van der Waals surface area contributed by atoms with Crippen molar-refractivity contribution in [1.82, 2.24) is 20.3 Å². The van der Waals surface area contributed by atoms with Gasteiger partial charge in [0.15, 0.2) is 0 Å². The van der Waals surface area contributed by atoms with Crippen molar-refractivity contribution >= 4 is 11.8 Å². The maximum Gasteiger partial charge on any atom is 0.251 e. The zero-order valence-corrected chi connectivity index (χ0v) is 21.5. The summed E-state index contributed by atoms with van der Waals surface area (Å²) in [5.74, 6) is 1.43. The number of aromatic nitrogens is 1. The fourth-order valence-electron chi connectivity index (χ4n) is 4.46. The van der Waals surface area contributed by atoms with Crippen molar-refractivity contribution in [3.63, 3.8) is 0 Å². The van der Waals surface area contributed by atoms with Gasteiger partial charge in [0.1, 0.15) is 18.1 Å². The van der Waals surface area contributed by atoms with Crippen LogP contribution in [0.25, 0.3) is 11.1 Å². The second-order valence-corrected chi connectivity index (χ2v) is 9.44. The third-order valence-corrected chi connectivity index (χ3v) is 6.38. The summed E-state index contributed by atoms with van der Waals surface area (Å²) in [6.07, 6.45) is 1.01. The monoisotopic (exact) mass is 490 g/mol. The van der Waals surface area contributed by atoms with E-state index in [1.54, 1.807) is 4.90 Å². The van der Waals surface area contributed by atoms with Crippen molar-refractivity contribution in [2.24, 2.45) is 0 Å². The lowest BCUT2D eigenvalue weighted by Crippen LogP contribution is -2.41. The van der Waals surface area contributed by atoms with Gasteiger partial charge < -0.3 is 24.4 Å². The summed E-state index contributed by atoms with van der Waals surface area (Å²) < 4.78 is 11.6. The number of nitrogens with one attached hydrogen (secondary N) is 1. The highest BCUT2D eigenvalue weighted by Gasteiger charge is 2.18. The predicted octanol–water partition coefficient (Wildman–Crippen LogP) is 3.45. The van der Waals surface area contributed by atoms with Crippen LogP contribution in [0.3, 0.4) is 0 Å². The second-order valence-electron chi connectivity index (χ2n) is 9.44. The van der Waals surface area contributed by atoms with E-state index < -0.39 is 0 Å². The van der Waals surface area contributed by atoms with E-state index in [1.807, 2.05) is 69.2 Å². The fraction of sp³-hybridized carbons (Fsp3) is 0.393. The van der Waals surface area contributed by atoms with Crippen molar-refractivity contribution in [1.29, 1.82) is 0 Å². The molecule has 1 aliphatic heterocycles. The number of ether oxygens (including phenoxy) is 1. The SMILES string of the molecule is Cc1noc(C)c1-c1ccc2c(c1)Cc1cccc(c1)C(=O)NCCN(C(=O)CCN(C)C)CCO2. The molecule has 0 atom stereocenters. The first kappa shape index (κ1) is 25.4. The summed E-state index contributed by atoms with van der Waals surface area (Å²) in [4.78, 5) is 29.4. The lowest BCUT2D eigenvalue weighted by molar-refractivity contribution is -0.131. The molecule has 0 spiro atoms. The van der Waals surface area contributed by atoms with Gasteiger partial charge in [0.05, 0.1) is 12.2 Å². The molecule has 190 valence electrons. The Balaban J connectivity index is 1.66. The molecule has 1 aliphatic rings. The number of nitrogens with zero attached hydrogens (tertiary/aromatic N) is 3. The first-order valence-corrected chi connectivity index (χ1v) is 12.3. The summed E-state index contributed by atoms with van der Waals surface area (Å²) in [7, 11) is 3.89. The first-order chi connectivity index (χ1) is 17.3. The van der Waals surface area contributed by atoms with Crippen molar-refractivity contribution in [2.75, 3.05) is 46.9 Å². The van der Waals surface area contributed by atoms with Crippen LogP contribution in [0.5, 0.6) is 5.75 Å². The van der Waals surface area contributed by atoms with Gasteiger partial charge in [-0.3, -0.25) is 9.59 Å². The zero-order valence-electron chi connectivity index (χ0n) is 21.5. The maximum atomic E-state index is 12.9. The number of hydrogen-bond acceptors (Lipinski definition) is 6. The van der Waals surface area contributed by atoms with Crippen molar-refractivity contribution in [3.05, 3.63) is 70.6 Å². The van der Waals surface area contributed by atoms with Crippen LogP contribution in [0.2, 0.25) is 0 Å². The van der Waals surface area contributed by atoms with Gasteiger partial charge in [-0.2, -0.15) is 0 Å². The first-order valence-electron chi connectivity index (χ1n) is 12.3. The fourth-order valence-corrected chi connectivity index (χ4v) is 4.46. The van der Waals surface area contributed by atoms with E-state index in [9.17, 15) is 9.59 Å². The molecule has 0 radical (unpaired) electrons. The van der Waals surface area contributed by atoms with Gasteiger partial charge in [-0.15, -0.1) is 0 Å². The topological polar surface area (TPSA) is 87.9 Å². The molecule has 8 nitrogen and oxygen atoms in total. The highest BCUT2D eigenvalue weighted by atomic mass is 16.5. The minimum atomic E-state index is -0.143. The van der Waals surface area contributed by atoms with Crippen LogP contribution in [0, 0.1) is 13.8 Å². The molecule has 2 heterocycles. The summed E-state index contributed by atoms with van der Waals surface area (Å²) in [5.41, 5.74) is 5.42. The lowest BCUT2D eigenvalue weighted by atomic mass is 9.96. The Morgan fingerprint density at radius 3 is 2.69 bits per heavy atom. The van der Waals surface area contributed by atoms with Crippen molar-refractivity contribution in [2.45, 2.75) is 26.7 Å². The Bertz CT molecular complexity index is 1210. The number of carbonyl (C=O) groups excluding carboxylic acids is 2. The van der Waals surface area contributed by atoms with E-state index in [4.69, 9.17) is 9.26 Å². The van der Waals surface area contributed by atoms with Gasteiger partial charge >= 0.3 is 0 Å². The van der Waals surface area contributed by atoms with E-state index in [-0.39, 0.29) is 11.8 Å². The van der Waals surface area contributed by atoms with E-state index in [0.717, 1.165) is 39.5 Å². The highest BCUT2D eigenvalue weighted by Crippen LogP contribution is 2.32. The minimum absolute atomic E-state index is 0.0459. The van der Waals surface area contributed by atoms with Gasteiger partial charge in [-0.25, -0.2) is 0 Å². The number of hydrogen-bond donors (Lipinski definition) is 1. The Hall–Kier alpha value is -3.65. The van der Waals surface area contributed by atoms with Gasteiger partial charge in [0, 0.05) is 43.6 Å². The predicted molar refractivity (Wildman–Crippen MR) is 138 cm³/mol. The average molecular weight is 491 g/mol. The van der Waals surface area contributed by atoms with Gasteiger partial charge in [-0.1, -0.05) is 23.4 Å². The molecule has 2 aromatic carbocycles. The van der Waals surface area contributed by atoms with Gasteiger partial charge in [0.2, 0.25) is 5.91 Å². The van der Waals surface area contributed by atoms with Crippen molar-refractivity contribution < 1.29 is 18.8 Å². The smallest absolute Gasteiger partial charge is 0.251 e. The summed E-state index contributed by atoms with van der Waals surface area (Å²) in [6.45, 7) is 6.12. The van der Waals surface area contributed by atoms with Crippen LogP contribution < -0.4 is 10.1 Å². The molecule has 1 aromatic heterocycles. The molecule has 36 heavy (non-hydrogen) atoms. The lowest BCUT2D eigenvalue weighted by Gasteiger charge is -2.24. The molecule has 1 N–H and O–H groups in total. The van der Waals surface area contributed by atoms with Crippen molar-refractivity contribution in [3.8, 4) is 16.9 Å². The van der Waals surface area contributed by atoms with E-state index in [2.05, 4.69) is 16.5 Å². The number of rotatable bonds is 4. The molecule has 0 saturated heterocycles. The molecular formula is C28H34N4O4. The van der Waals surface area contributed by atoms with Crippen LogP contribution in [-0.2, 0) is 11.2 Å². The van der Waals surface area contributed by atoms with Gasteiger partial charge in [0.25, 0.3) is 5.91 Å². The van der Waals surface area contributed by atoms with E-state index in [0.29, 0.717) is 51.2 Å². The van der Waals surface area contributed by atoms with Crippen LogP contribution >= 0.6 is 0 Å². The molecule has 4 rings (SSSR count). The molecular weight excluding hydrogens is 456 g/mol. The molecule has 2 amide bonds. The third kappa shape index (κ3) is 6.12. The number of aryl methyl sites for hydroxylation is 2. The summed E-state index contributed by atoms with van der Waals surface area (Å²) in [6, 6.07) is 13.7. The highest BCUT2D eigenvalue weighted by molar-refractivity contribution is 5.94. The Morgan fingerprint density at radius 2 is 1.94 bits per heavy atom. The number of fused-ring (bicyclic) bond motifs is 3. The van der Waals surface area contributed by atoms with E-state index in [1.165, 1.54) is 0 Å². The second kappa shape index (κ2) is 11.4. The maximum absolute atomic E-state index is 12.9. The molecule has 3 aromatic rings. The molecule has 0 unspecified atom stereocenters. The van der Waals surface area contributed by atoms with Crippen LogP contribution in [-0.4, -0.2) is 73.7 Å². The Kier molecular flexibility index (Phi) is 8.05.